The molecule has 0 bridgehead atoms. The Bertz CT molecular complexity index is 1900. The number of thioether (sulfide) groups is 1. The van der Waals surface area contributed by atoms with Crippen LogP contribution in [-0.4, -0.2) is 0 Å². The van der Waals surface area contributed by atoms with Crippen molar-refractivity contribution < 1.29 is 0 Å². The fourth-order valence-electron chi connectivity index (χ4n) is 6.20. The van der Waals surface area contributed by atoms with Gasteiger partial charge in [-0.15, -0.1) is 0 Å². The molecule has 3 nitrogen and oxygen atoms in total. The van der Waals surface area contributed by atoms with Crippen molar-refractivity contribution in [1.82, 2.24) is 10.6 Å². The van der Waals surface area contributed by atoms with Gasteiger partial charge in [0.15, 0.2) is 0 Å². The van der Waals surface area contributed by atoms with E-state index in [1.807, 2.05) is 11.8 Å². The normalized spacial score (nSPS) is 19.8. The monoisotopic (exact) mass is 547 g/mol. The first kappa shape index (κ1) is 24.3. The molecule has 0 saturated heterocycles. The average molecular weight is 548 g/mol. The molecule has 41 heavy (non-hydrogen) atoms. The van der Waals surface area contributed by atoms with E-state index in [-0.39, 0.29) is 17.6 Å². The highest BCUT2D eigenvalue weighted by Gasteiger charge is 2.29. The predicted octanol–water partition coefficient (Wildman–Crippen LogP) is 9.18. The van der Waals surface area contributed by atoms with Crippen LogP contribution in [0, 0.1) is 0 Å². The summed E-state index contributed by atoms with van der Waals surface area (Å²) < 4.78 is 0. The number of benzene rings is 6. The average Bonchev–Trinajstić information content (AvgIpc) is 3.50. The molecule has 3 N–H and O–H groups in total. The minimum absolute atomic E-state index is 0.0738. The van der Waals surface area contributed by atoms with Crippen LogP contribution in [-0.2, 0) is 0 Å². The Balaban J connectivity index is 1.29. The minimum atomic E-state index is -0.0791. The van der Waals surface area contributed by atoms with Crippen molar-refractivity contribution >= 4 is 44.7 Å². The number of fused-ring (bicyclic) bond motifs is 5. The van der Waals surface area contributed by atoms with E-state index in [0.717, 1.165) is 5.70 Å². The molecule has 0 fully saturated rings. The molecule has 2 aliphatic heterocycles. The second kappa shape index (κ2) is 10.2. The summed E-state index contributed by atoms with van der Waals surface area (Å²) in [5, 5.41) is 17.0. The molecule has 198 valence electrons. The standard InChI is InChI=1S/C37H29N3S/c1-4-12-24(13-5-1)31-23-32(25-14-6-2-7-15-25)39-36(38-31)30-22-27-18-10-11-19-28(27)34-29(30)20-21-33-35(34)40-37(41-33)26-16-8-3-9-17-26/h1-23,31,36-40H. The highest BCUT2D eigenvalue weighted by Crippen LogP contribution is 2.51. The zero-order chi connectivity index (χ0) is 27.2. The van der Waals surface area contributed by atoms with Gasteiger partial charge < -0.3 is 10.6 Å². The molecule has 2 aliphatic rings. The lowest BCUT2D eigenvalue weighted by atomic mass is 9.92. The molecule has 3 atom stereocenters. The molecule has 8 rings (SSSR count). The van der Waals surface area contributed by atoms with Crippen molar-refractivity contribution in [1.29, 1.82) is 0 Å². The van der Waals surface area contributed by atoms with Crippen LogP contribution in [0.15, 0.2) is 144 Å². The molecule has 0 aromatic heterocycles. The number of nitrogens with one attached hydrogen (secondary N) is 3. The number of rotatable bonds is 4. The van der Waals surface area contributed by atoms with Gasteiger partial charge in [-0.3, -0.25) is 5.32 Å². The Hall–Kier alpha value is -4.51. The van der Waals surface area contributed by atoms with E-state index in [0.29, 0.717) is 0 Å². The summed E-state index contributed by atoms with van der Waals surface area (Å²) in [6, 6.07) is 47.9. The summed E-state index contributed by atoms with van der Waals surface area (Å²) in [6.45, 7) is 0. The fraction of sp³-hybridized carbons (Fsp3) is 0.0811. The third kappa shape index (κ3) is 4.37. The zero-order valence-electron chi connectivity index (χ0n) is 22.4. The first-order chi connectivity index (χ1) is 20.3. The lowest BCUT2D eigenvalue weighted by molar-refractivity contribution is 0.445. The number of hydrogen-bond donors (Lipinski definition) is 3. The maximum absolute atomic E-state index is 3.93. The Morgan fingerprint density at radius 2 is 1.27 bits per heavy atom. The molecule has 2 heterocycles. The summed E-state index contributed by atoms with van der Waals surface area (Å²) in [6.07, 6.45) is 2.23. The molecule has 3 unspecified atom stereocenters. The summed E-state index contributed by atoms with van der Waals surface area (Å²) in [4.78, 5) is 1.30. The van der Waals surface area contributed by atoms with Crippen molar-refractivity contribution in [2.24, 2.45) is 0 Å². The van der Waals surface area contributed by atoms with Crippen molar-refractivity contribution in [3.8, 4) is 0 Å². The van der Waals surface area contributed by atoms with Gasteiger partial charge in [-0.1, -0.05) is 133 Å². The number of hydrogen-bond acceptors (Lipinski definition) is 4. The Labute approximate surface area is 244 Å². The highest BCUT2D eigenvalue weighted by molar-refractivity contribution is 8.00. The lowest BCUT2D eigenvalue weighted by Gasteiger charge is -2.34. The van der Waals surface area contributed by atoms with Crippen LogP contribution in [0.25, 0.3) is 27.2 Å². The molecule has 0 aliphatic carbocycles. The molecular weight excluding hydrogens is 518 g/mol. The van der Waals surface area contributed by atoms with Gasteiger partial charge in [-0.2, -0.15) is 0 Å². The van der Waals surface area contributed by atoms with E-state index >= 15 is 0 Å². The maximum Gasteiger partial charge on any atom is 0.105 e. The van der Waals surface area contributed by atoms with E-state index in [1.54, 1.807) is 0 Å². The van der Waals surface area contributed by atoms with E-state index in [1.165, 1.54) is 54.4 Å². The summed E-state index contributed by atoms with van der Waals surface area (Å²) in [5.41, 5.74) is 7.36. The molecule has 6 aromatic rings. The van der Waals surface area contributed by atoms with Crippen LogP contribution in [0.5, 0.6) is 0 Å². The van der Waals surface area contributed by atoms with Gasteiger partial charge in [0.1, 0.15) is 11.5 Å². The van der Waals surface area contributed by atoms with Gasteiger partial charge in [0, 0.05) is 16.0 Å². The molecular formula is C37H29N3S. The van der Waals surface area contributed by atoms with Crippen LogP contribution in [0.1, 0.15) is 39.8 Å². The van der Waals surface area contributed by atoms with E-state index in [2.05, 4.69) is 155 Å². The first-order valence-corrected chi connectivity index (χ1v) is 15.0. The van der Waals surface area contributed by atoms with Gasteiger partial charge in [0.05, 0.1) is 11.7 Å². The maximum atomic E-state index is 3.93. The molecule has 0 amide bonds. The molecule has 0 radical (unpaired) electrons. The third-order valence-electron chi connectivity index (χ3n) is 8.18. The summed E-state index contributed by atoms with van der Waals surface area (Å²) >= 11 is 1.90. The zero-order valence-corrected chi connectivity index (χ0v) is 23.2. The molecule has 4 heteroatoms. The van der Waals surface area contributed by atoms with Gasteiger partial charge in [0.2, 0.25) is 0 Å². The lowest BCUT2D eigenvalue weighted by Crippen LogP contribution is -2.39. The fourth-order valence-corrected chi connectivity index (χ4v) is 7.35. The van der Waals surface area contributed by atoms with Crippen LogP contribution < -0.4 is 16.0 Å². The van der Waals surface area contributed by atoms with Crippen LogP contribution >= 0.6 is 11.8 Å². The van der Waals surface area contributed by atoms with E-state index < -0.39 is 0 Å². The van der Waals surface area contributed by atoms with Crippen molar-refractivity contribution in [2.45, 2.75) is 22.5 Å². The largest absolute Gasteiger partial charge is 0.368 e. The second-order valence-corrected chi connectivity index (χ2v) is 11.8. The van der Waals surface area contributed by atoms with E-state index in [4.69, 9.17) is 0 Å². The predicted molar refractivity (Wildman–Crippen MR) is 173 cm³/mol. The third-order valence-corrected chi connectivity index (χ3v) is 9.40. The summed E-state index contributed by atoms with van der Waals surface area (Å²) in [7, 11) is 0. The number of anilines is 1. The van der Waals surface area contributed by atoms with Gasteiger partial charge >= 0.3 is 0 Å². The Morgan fingerprint density at radius 1 is 0.585 bits per heavy atom. The van der Waals surface area contributed by atoms with Crippen LogP contribution in [0.3, 0.4) is 0 Å². The van der Waals surface area contributed by atoms with Crippen molar-refractivity contribution in [3.05, 3.63) is 162 Å². The highest BCUT2D eigenvalue weighted by atomic mass is 32.2. The van der Waals surface area contributed by atoms with Gasteiger partial charge in [0.25, 0.3) is 0 Å². The van der Waals surface area contributed by atoms with Crippen LogP contribution in [0.2, 0.25) is 0 Å². The minimum Gasteiger partial charge on any atom is -0.368 e. The first-order valence-electron chi connectivity index (χ1n) is 14.1. The Morgan fingerprint density at radius 3 is 2.05 bits per heavy atom. The molecule has 6 aromatic carbocycles. The molecule has 0 spiro atoms. The quantitative estimate of drug-likeness (QED) is 0.192. The summed E-state index contributed by atoms with van der Waals surface area (Å²) in [5.74, 6) is 0. The van der Waals surface area contributed by atoms with E-state index in [9.17, 15) is 0 Å². The smallest absolute Gasteiger partial charge is 0.105 e. The van der Waals surface area contributed by atoms with Crippen molar-refractivity contribution in [3.63, 3.8) is 0 Å². The SMILES string of the molecule is C1=C(c2ccccc2)NC(c2cc3ccccc3c3c4c(ccc23)SC(c2ccccc2)N4)NC1c1ccccc1. The van der Waals surface area contributed by atoms with Gasteiger partial charge in [-0.05, 0) is 56.6 Å². The topological polar surface area (TPSA) is 36.1 Å². The Kier molecular flexibility index (Phi) is 6.02. The van der Waals surface area contributed by atoms with Gasteiger partial charge in [-0.25, -0.2) is 0 Å². The van der Waals surface area contributed by atoms with Crippen molar-refractivity contribution in [2.75, 3.05) is 5.32 Å². The molecule has 0 saturated carbocycles. The second-order valence-electron chi connectivity index (χ2n) is 10.7. The van der Waals surface area contributed by atoms with Crippen LogP contribution in [0.4, 0.5) is 5.69 Å².